The lowest BCUT2D eigenvalue weighted by molar-refractivity contribution is -0.138. The average Bonchev–Trinajstić information content (AvgIpc) is 2.18. The number of hydrogen-bond donors (Lipinski definition) is 4. The minimum atomic E-state index is -4.17. The third kappa shape index (κ3) is 4.66. The van der Waals surface area contributed by atoms with Gasteiger partial charge in [-0.15, -0.1) is 0 Å². The summed E-state index contributed by atoms with van der Waals surface area (Å²) in [5, 5.41) is 8.69. The largest absolute Gasteiger partial charge is 0.480 e. The number of nitrogens with two attached hydrogens (primary N) is 1. The Labute approximate surface area is 98.2 Å². The molecule has 0 bridgehead atoms. The van der Waals surface area contributed by atoms with E-state index >= 15 is 0 Å². The number of hydrogen-bond acceptors (Lipinski definition) is 3. The molecule has 1 aromatic carbocycles. The van der Waals surface area contributed by atoms with Gasteiger partial charge in [0.25, 0.3) is 0 Å². The molecule has 0 spiro atoms. The highest BCUT2D eigenvalue weighted by molar-refractivity contribution is 7.50. The fraction of sp³-hybridized carbons (Fsp3) is 0.300. The highest BCUT2D eigenvalue weighted by Crippen LogP contribution is 2.39. The van der Waals surface area contributed by atoms with Crippen LogP contribution in [0.1, 0.15) is 11.1 Å². The van der Waals surface area contributed by atoms with Crippen LogP contribution < -0.4 is 5.73 Å². The van der Waals surface area contributed by atoms with Crippen molar-refractivity contribution in [2.24, 2.45) is 5.73 Å². The van der Waals surface area contributed by atoms with Crippen LogP contribution in [0.15, 0.2) is 24.3 Å². The SMILES string of the molecule is N[C@@H](Cc1ccccc1CP(=O)(O)O)C(=O)O. The van der Waals surface area contributed by atoms with E-state index in [1.54, 1.807) is 24.3 Å². The quantitative estimate of drug-likeness (QED) is 0.565. The molecule has 0 saturated carbocycles. The molecular formula is C10H14NO5P. The van der Waals surface area contributed by atoms with Crippen molar-refractivity contribution in [2.45, 2.75) is 18.6 Å². The summed E-state index contributed by atoms with van der Waals surface area (Å²) in [6, 6.07) is 5.41. The van der Waals surface area contributed by atoms with Crippen molar-refractivity contribution in [1.29, 1.82) is 0 Å². The van der Waals surface area contributed by atoms with Crippen molar-refractivity contribution in [3.63, 3.8) is 0 Å². The van der Waals surface area contributed by atoms with Crippen LogP contribution in [0.3, 0.4) is 0 Å². The average molecular weight is 259 g/mol. The summed E-state index contributed by atoms with van der Waals surface area (Å²) in [7, 11) is -4.17. The van der Waals surface area contributed by atoms with Gasteiger partial charge in [-0.05, 0) is 17.5 Å². The predicted octanol–water partition coefficient (Wildman–Crippen LogP) is 0.319. The van der Waals surface area contributed by atoms with Gasteiger partial charge in [-0.1, -0.05) is 24.3 Å². The van der Waals surface area contributed by atoms with E-state index in [9.17, 15) is 9.36 Å². The molecule has 0 saturated heterocycles. The second kappa shape index (κ2) is 5.42. The lowest BCUT2D eigenvalue weighted by Crippen LogP contribution is -2.32. The molecule has 7 heteroatoms. The van der Waals surface area contributed by atoms with Crippen LogP contribution in [0.2, 0.25) is 0 Å². The first-order chi connectivity index (χ1) is 7.79. The minimum Gasteiger partial charge on any atom is -0.480 e. The van der Waals surface area contributed by atoms with Gasteiger partial charge in [0.05, 0.1) is 6.16 Å². The van der Waals surface area contributed by atoms with E-state index in [1.165, 1.54) is 0 Å². The van der Waals surface area contributed by atoms with Crippen molar-refractivity contribution in [3.8, 4) is 0 Å². The molecule has 17 heavy (non-hydrogen) atoms. The highest BCUT2D eigenvalue weighted by atomic mass is 31.2. The molecule has 0 fully saturated rings. The van der Waals surface area contributed by atoms with Crippen LogP contribution in [0, 0.1) is 0 Å². The summed E-state index contributed by atoms with van der Waals surface area (Å²) in [5.41, 5.74) is 6.36. The van der Waals surface area contributed by atoms with Crippen LogP contribution in [-0.4, -0.2) is 26.9 Å². The van der Waals surface area contributed by atoms with Crippen LogP contribution in [0.4, 0.5) is 0 Å². The first-order valence-electron chi connectivity index (χ1n) is 4.89. The van der Waals surface area contributed by atoms with E-state index in [2.05, 4.69) is 0 Å². The number of rotatable bonds is 5. The smallest absolute Gasteiger partial charge is 0.329 e. The standard InChI is InChI=1S/C10H14NO5P/c11-9(10(12)13)5-7-3-1-2-4-8(7)6-17(14,15)16/h1-4,9H,5-6,11H2,(H,12,13)(H2,14,15,16)/t9-/m0/s1. The Balaban J connectivity index is 2.92. The molecular weight excluding hydrogens is 245 g/mol. The Morgan fingerprint density at radius 1 is 1.29 bits per heavy atom. The maximum absolute atomic E-state index is 10.9. The summed E-state index contributed by atoms with van der Waals surface area (Å²) in [4.78, 5) is 28.4. The first-order valence-corrected chi connectivity index (χ1v) is 6.69. The molecule has 1 rings (SSSR count). The molecule has 0 aromatic heterocycles. The monoisotopic (exact) mass is 259 g/mol. The van der Waals surface area contributed by atoms with Gasteiger partial charge in [0.1, 0.15) is 6.04 Å². The molecule has 0 unspecified atom stereocenters. The Morgan fingerprint density at radius 2 is 1.82 bits per heavy atom. The van der Waals surface area contributed by atoms with Crippen LogP contribution in [0.25, 0.3) is 0 Å². The van der Waals surface area contributed by atoms with E-state index in [1.807, 2.05) is 0 Å². The van der Waals surface area contributed by atoms with Crippen LogP contribution in [0.5, 0.6) is 0 Å². The number of aliphatic carboxylic acids is 1. The van der Waals surface area contributed by atoms with Crippen molar-refractivity contribution < 1.29 is 24.3 Å². The molecule has 0 aliphatic rings. The summed E-state index contributed by atoms with van der Waals surface area (Å²) in [5.74, 6) is -1.14. The maximum atomic E-state index is 10.9. The van der Waals surface area contributed by atoms with Gasteiger partial charge in [0.2, 0.25) is 0 Å². The van der Waals surface area contributed by atoms with Crippen LogP contribution in [-0.2, 0) is 21.9 Å². The van der Waals surface area contributed by atoms with Crippen molar-refractivity contribution in [2.75, 3.05) is 0 Å². The third-order valence-corrected chi connectivity index (χ3v) is 3.00. The predicted molar refractivity (Wildman–Crippen MR) is 61.5 cm³/mol. The van der Waals surface area contributed by atoms with E-state index < -0.39 is 25.8 Å². The zero-order valence-electron chi connectivity index (χ0n) is 8.98. The maximum Gasteiger partial charge on any atom is 0.329 e. The van der Waals surface area contributed by atoms with E-state index in [4.69, 9.17) is 20.6 Å². The normalized spacial score (nSPS) is 13.4. The number of benzene rings is 1. The van der Waals surface area contributed by atoms with Crippen LogP contribution >= 0.6 is 7.60 Å². The van der Waals surface area contributed by atoms with Gasteiger partial charge >= 0.3 is 13.6 Å². The second-order valence-electron chi connectivity index (χ2n) is 3.74. The van der Waals surface area contributed by atoms with Gasteiger partial charge in [0, 0.05) is 0 Å². The zero-order valence-corrected chi connectivity index (χ0v) is 9.88. The lowest BCUT2D eigenvalue weighted by Gasteiger charge is -2.12. The Hall–Kier alpha value is -1.20. The number of carboxylic acids is 1. The van der Waals surface area contributed by atoms with Gasteiger partial charge in [-0.25, -0.2) is 0 Å². The number of carbonyl (C=O) groups is 1. The fourth-order valence-corrected chi connectivity index (χ4v) is 2.21. The van der Waals surface area contributed by atoms with Crippen molar-refractivity contribution in [1.82, 2.24) is 0 Å². The van der Waals surface area contributed by atoms with Gasteiger partial charge < -0.3 is 20.6 Å². The summed E-state index contributed by atoms with van der Waals surface area (Å²) < 4.78 is 10.9. The zero-order chi connectivity index (χ0) is 13.1. The van der Waals surface area contributed by atoms with Gasteiger partial charge in [0.15, 0.2) is 0 Å². The Bertz CT molecular complexity index is 456. The van der Waals surface area contributed by atoms with Gasteiger partial charge in [-0.2, -0.15) is 0 Å². The Kier molecular flexibility index (Phi) is 4.42. The third-order valence-electron chi connectivity index (χ3n) is 2.25. The summed E-state index contributed by atoms with van der Waals surface area (Å²) in [6.45, 7) is 0. The molecule has 0 amide bonds. The molecule has 0 heterocycles. The van der Waals surface area contributed by atoms with Crippen molar-refractivity contribution in [3.05, 3.63) is 35.4 Å². The fourth-order valence-electron chi connectivity index (χ4n) is 1.46. The van der Waals surface area contributed by atoms with E-state index in [0.717, 1.165) is 0 Å². The van der Waals surface area contributed by atoms with E-state index in [0.29, 0.717) is 11.1 Å². The Morgan fingerprint density at radius 3 is 2.29 bits per heavy atom. The molecule has 0 aliphatic heterocycles. The molecule has 1 aromatic rings. The molecule has 0 radical (unpaired) electrons. The summed E-state index contributed by atoms with van der Waals surface area (Å²) in [6.07, 6.45) is -0.360. The molecule has 6 nitrogen and oxygen atoms in total. The molecule has 94 valence electrons. The topological polar surface area (TPSA) is 121 Å². The number of carboxylic acid groups (broad SMARTS) is 1. The molecule has 1 atom stereocenters. The molecule has 5 N–H and O–H groups in total. The lowest BCUT2D eigenvalue weighted by atomic mass is 10.0. The summed E-state index contributed by atoms with van der Waals surface area (Å²) >= 11 is 0. The van der Waals surface area contributed by atoms with Crippen molar-refractivity contribution >= 4 is 13.6 Å². The highest BCUT2D eigenvalue weighted by Gasteiger charge is 2.19. The van der Waals surface area contributed by atoms with Gasteiger partial charge in [-0.3, -0.25) is 9.36 Å². The molecule has 0 aliphatic carbocycles. The van der Waals surface area contributed by atoms with E-state index in [-0.39, 0.29) is 6.42 Å². The minimum absolute atomic E-state index is 0.0471. The second-order valence-corrected chi connectivity index (χ2v) is 5.39. The first kappa shape index (κ1) is 13.9.